The standard InChI is InChI=1S/C7H14O3/c1-9-5-7-3-2-6(4-8)10-7/h6-8H,2-5H2,1H3/t6-,7+/m0/s1. The van der Waals surface area contributed by atoms with Gasteiger partial charge in [0.2, 0.25) is 0 Å². The maximum Gasteiger partial charge on any atom is 0.0814 e. The van der Waals surface area contributed by atoms with E-state index in [4.69, 9.17) is 14.6 Å². The minimum absolute atomic E-state index is 0.0557. The van der Waals surface area contributed by atoms with E-state index >= 15 is 0 Å². The molecule has 3 nitrogen and oxygen atoms in total. The maximum absolute atomic E-state index is 8.69. The SMILES string of the molecule is COC[C@H]1CC[C@@H](CO)O1. The fraction of sp³-hybridized carbons (Fsp3) is 1.00. The first-order valence-electron chi connectivity index (χ1n) is 3.62. The van der Waals surface area contributed by atoms with Crippen LogP contribution in [0.4, 0.5) is 0 Å². The molecule has 0 unspecified atom stereocenters. The van der Waals surface area contributed by atoms with Crippen LogP contribution in [0.15, 0.2) is 0 Å². The molecule has 0 aliphatic carbocycles. The lowest BCUT2D eigenvalue weighted by molar-refractivity contribution is -0.0213. The molecule has 0 spiro atoms. The predicted molar refractivity (Wildman–Crippen MR) is 36.9 cm³/mol. The summed E-state index contributed by atoms with van der Waals surface area (Å²) >= 11 is 0. The molecule has 0 bridgehead atoms. The van der Waals surface area contributed by atoms with Gasteiger partial charge in [0.05, 0.1) is 25.4 Å². The highest BCUT2D eigenvalue weighted by atomic mass is 16.5. The van der Waals surface area contributed by atoms with Gasteiger partial charge in [0.15, 0.2) is 0 Å². The monoisotopic (exact) mass is 146 g/mol. The normalized spacial score (nSPS) is 33.0. The van der Waals surface area contributed by atoms with Crippen molar-refractivity contribution in [2.45, 2.75) is 25.0 Å². The molecule has 0 aromatic rings. The summed E-state index contributed by atoms with van der Waals surface area (Å²) in [6.45, 7) is 0.788. The van der Waals surface area contributed by atoms with Crippen LogP contribution in [-0.2, 0) is 9.47 Å². The van der Waals surface area contributed by atoms with Crippen LogP contribution in [0.1, 0.15) is 12.8 Å². The summed E-state index contributed by atoms with van der Waals surface area (Å²) in [5.41, 5.74) is 0. The first-order valence-corrected chi connectivity index (χ1v) is 3.62. The number of aliphatic hydroxyl groups is 1. The first kappa shape index (κ1) is 7.98. The minimum atomic E-state index is 0.0557. The van der Waals surface area contributed by atoms with Gasteiger partial charge in [-0.3, -0.25) is 0 Å². The average Bonchev–Trinajstić information content (AvgIpc) is 2.37. The molecule has 0 aromatic heterocycles. The summed E-state index contributed by atoms with van der Waals surface area (Å²) < 4.78 is 10.3. The van der Waals surface area contributed by atoms with Crippen molar-refractivity contribution in [2.75, 3.05) is 20.3 Å². The molecule has 60 valence electrons. The van der Waals surface area contributed by atoms with Crippen molar-refractivity contribution < 1.29 is 14.6 Å². The Hall–Kier alpha value is -0.120. The van der Waals surface area contributed by atoms with Crippen LogP contribution in [0.25, 0.3) is 0 Å². The predicted octanol–water partition coefficient (Wildman–Crippen LogP) is 0.173. The number of ether oxygens (including phenoxy) is 2. The van der Waals surface area contributed by atoms with Crippen molar-refractivity contribution in [1.29, 1.82) is 0 Å². The molecular weight excluding hydrogens is 132 g/mol. The molecule has 3 heteroatoms. The van der Waals surface area contributed by atoms with E-state index in [1.807, 2.05) is 0 Å². The zero-order valence-corrected chi connectivity index (χ0v) is 6.25. The van der Waals surface area contributed by atoms with Crippen LogP contribution in [0, 0.1) is 0 Å². The largest absolute Gasteiger partial charge is 0.394 e. The second-order valence-electron chi connectivity index (χ2n) is 2.60. The molecule has 0 saturated carbocycles. The van der Waals surface area contributed by atoms with Crippen molar-refractivity contribution in [3.05, 3.63) is 0 Å². The second kappa shape index (κ2) is 3.91. The first-order chi connectivity index (χ1) is 4.86. The van der Waals surface area contributed by atoms with Crippen molar-refractivity contribution in [3.63, 3.8) is 0 Å². The average molecular weight is 146 g/mol. The van der Waals surface area contributed by atoms with Gasteiger partial charge in [0, 0.05) is 7.11 Å². The Morgan fingerprint density at radius 3 is 2.70 bits per heavy atom. The molecule has 1 aliphatic rings. The lowest BCUT2D eigenvalue weighted by Gasteiger charge is -2.09. The summed E-state index contributed by atoms with van der Waals surface area (Å²) in [6, 6.07) is 0. The second-order valence-corrected chi connectivity index (χ2v) is 2.60. The Labute approximate surface area is 60.9 Å². The topological polar surface area (TPSA) is 38.7 Å². The molecule has 0 aromatic carbocycles. The van der Waals surface area contributed by atoms with Gasteiger partial charge in [-0.1, -0.05) is 0 Å². The Morgan fingerprint density at radius 2 is 2.20 bits per heavy atom. The van der Waals surface area contributed by atoms with Gasteiger partial charge in [-0.05, 0) is 12.8 Å². The maximum atomic E-state index is 8.69. The molecular formula is C7H14O3. The Bertz CT molecular complexity index is 94.9. The Kier molecular flexibility index (Phi) is 3.12. The van der Waals surface area contributed by atoms with Gasteiger partial charge in [0.1, 0.15) is 0 Å². The molecule has 0 amide bonds. The molecule has 0 radical (unpaired) electrons. The van der Waals surface area contributed by atoms with Gasteiger partial charge in [-0.25, -0.2) is 0 Å². The quantitative estimate of drug-likeness (QED) is 0.617. The zero-order chi connectivity index (χ0) is 7.40. The highest BCUT2D eigenvalue weighted by Crippen LogP contribution is 2.18. The van der Waals surface area contributed by atoms with Gasteiger partial charge < -0.3 is 14.6 Å². The van der Waals surface area contributed by atoms with Crippen molar-refractivity contribution in [2.24, 2.45) is 0 Å². The third kappa shape index (κ3) is 1.94. The van der Waals surface area contributed by atoms with Gasteiger partial charge in [-0.2, -0.15) is 0 Å². The molecule has 1 N–H and O–H groups in total. The molecule has 1 fully saturated rings. The summed E-state index contributed by atoms with van der Waals surface area (Å²) in [4.78, 5) is 0. The highest BCUT2D eigenvalue weighted by molar-refractivity contribution is 4.72. The Morgan fingerprint density at radius 1 is 1.50 bits per heavy atom. The summed E-state index contributed by atoms with van der Waals surface area (Å²) in [7, 11) is 1.66. The van der Waals surface area contributed by atoms with Crippen LogP contribution in [-0.4, -0.2) is 37.6 Å². The van der Waals surface area contributed by atoms with Gasteiger partial charge in [-0.15, -0.1) is 0 Å². The van der Waals surface area contributed by atoms with E-state index in [0.29, 0.717) is 6.61 Å². The summed E-state index contributed by atoms with van der Waals surface area (Å²) in [6.07, 6.45) is 2.24. The Balaban J connectivity index is 2.15. The molecule has 1 rings (SSSR count). The van der Waals surface area contributed by atoms with Crippen LogP contribution in [0.3, 0.4) is 0 Å². The number of methoxy groups -OCH3 is 1. The van der Waals surface area contributed by atoms with E-state index in [1.54, 1.807) is 7.11 Å². The van der Waals surface area contributed by atoms with Crippen LogP contribution < -0.4 is 0 Å². The number of rotatable bonds is 3. The van der Waals surface area contributed by atoms with Crippen LogP contribution in [0.5, 0.6) is 0 Å². The van der Waals surface area contributed by atoms with Gasteiger partial charge in [0.25, 0.3) is 0 Å². The molecule has 2 atom stereocenters. The smallest absolute Gasteiger partial charge is 0.0814 e. The summed E-state index contributed by atoms with van der Waals surface area (Å²) in [5.74, 6) is 0. The van der Waals surface area contributed by atoms with E-state index < -0.39 is 0 Å². The molecule has 1 heterocycles. The fourth-order valence-electron chi connectivity index (χ4n) is 1.22. The van der Waals surface area contributed by atoms with E-state index in [-0.39, 0.29) is 18.8 Å². The highest BCUT2D eigenvalue weighted by Gasteiger charge is 2.23. The molecule has 1 saturated heterocycles. The third-order valence-corrected chi connectivity index (χ3v) is 1.75. The van der Waals surface area contributed by atoms with Crippen LogP contribution in [0.2, 0.25) is 0 Å². The zero-order valence-electron chi connectivity index (χ0n) is 6.25. The lowest BCUT2D eigenvalue weighted by Crippen LogP contribution is -2.17. The van der Waals surface area contributed by atoms with Gasteiger partial charge >= 0.3 is 0 Å². The molecule has 1 aliphatic heterocycles. The lowest BCUT2D eigenvalue weighted by atomic mass is 10.2. The molecule has 10 heavy (non-hydrogen) atoms. The number of hydrogen-bond donors (Lipinski definition) is 1. The summed E-state index contributed by atoms with van der Waals surface area (Å²) in [5, 5.41) is 8.69. The minimum Gasteiger partial charge on any atom is -0.394 e. The van der Waals surface area contributed by atoms with Crippen molar-refractivity contribution in [1.82, 2.24) is 0 Å². The van der Waals surface area contributed by atoms with Crippen molar-refractivity contribution >= 4 is 0 Å². The van der Waals surface area contributed by atoms with E-state index in [9.17, 15) is 0 Å². The van der Waals surface area contributed by atoms with E-state index in [1.165, 1.54) is 0 Å². The van der Waals surface area contributed by atoms with E-state index in [0.717, 1.165) is 12.8 Å². The number of hydrogen-bond acceptors (Lipinski definition) is 3. The van der Waals surface area contributed by atoms with Crippen LogP contribution >= 0.6 is 0 Å². The third-order valence-electron chi connectivity index (χ3n) is 1.75. The van der Waals surface area contributed by atoms with Crippen molar-refractivity contribution in [3.8, 4) is 0 Å². The fourth-order valence-corrected chi connectivity index (χ4v) is 1.22. The van der Waals surface area contributed by atoms with E-state index in [2.05, 4.69) is 0 Å². The number of aliphatic hydroxyl groups excluding tert-OH is 1.